The summed E-state index contributed by atoms with van der Waals surface area (Å²) in [5, 5.41) is 20.7. The van der Waals surface area contributed by atoms with Gasteiger partial charge in [0.05, 0.1) is 17.5 Å². The number of pyridine rings is 1. The number of aryl methyl sites for hydroxylation is 1. The molecule has 0 aliphatic rings. The fourth-order valence-electron chi connectivity index (χ4n) is 1.91. The van der Waals surface area contributed by atoms with E-state index in [0.717, 1.165) is 28.1 Å². The maximum absolute atomic E-state index is 10.0. The summed E-state index contributed by atoms with van der Waals surface area (Å²) in [6.45, 7) is 5.44. The Kier molecular flexibility index (Phi) is 3.86. The third-order valence-corrected chi connectivity index (χ3v) is 3.09. The first-order valence-corrected chi connectivity index (χ1v) is 6.46. The van der Waals surface area contributed by atoms with Gasteiger partial charge in [-0.1, -0.05) is 11.6 Å². The van der Waals surface area contributed by atoms with Crippen molar-refractivity contribution in [3.63, 3.8) is 0 Å². The summed E-state index contributed by atoms with van der Waals surface area (Å²) in [6.07, 6.45) is 4.67. The van der Waals surface area contributed by atoms with Crippen LogP contribution < -0.4 is 5.32 Å². The lowest BCUT2D eigenvalue weighted by Crippen LogP contribution is -2.15. The van der Waals surface area contributed by atoms with Gasteiger partial charge in [-0.2, -0.15) is 0 Å². The summed E-state index contributed by atoms with van der Waals surface area (Å²) in [7, 11) is 0. The lowest BCUT2D eigenvalue weighted by Gasteiger charge is -2.18. The first kappa shape index (κ1) is 14.2. The molecule has 0 aliphatic heterocycles. The van der Waals surface area contributed by atoms with Gasteiger partial charge in [-0.15, -0.1) is 0 Å². The molecule has 20 heavy (non-hydrogen) atoms. The molecule has 0 bridgehead atoms. The molecule has 2 aromatic rings. The summed E-state index contributed by atoms with van der Waals surface area (Å²) in [5.41, 5.74) is 3.38. The number of aliphatic hydroxyl groups is 1. The maximum Gasteiger partial charge on any atom is 0.0856 e. The molecule has 0 aliphatic carbocycles. The topological polar surface area (TPSA) is 69.0 Å². The van der Waals surface area contributed by atoms with Crippen molar-refractivity contribution in [2.75, 3.05) is 5.32 Å². The van der Waals surface area contributed by atoms with Gasteiger partial charge in [-0.25, -0.2) is 0 Å². The van der Waals surface area contributed by atoms with Crippen molar-refractivity contribution in [1.82, 2.24) is 4.98 Å². The van der Waals surface area contributed by atoms with Crippen molar-refractivity contribution in [3.05, 3.63) is 53.3 Å². The summed E-state index contributed by atoms with van der Waals surface area (Å²) >= 11 is 0. The van der Waals surface area contributed by atoms with Crippen LogP contribution in [-0.4, -0.2) is 16.3 Å². The van der Waals surface area contributed by atoms with Crippen molar-refractivity contribution in [1.29, 1.82) is 5.41 Å². The van der Waals surface area contributed by atoms with Gasteiger partial charge in [0.15, 0.2) is 0 Å². The third-order valence-electron chi connectivity index (χ3n) is 3.09. The molecule has 0 saturated carbocycles. The molecule has 4 heteroatoms. The highest BCUT2D eigenvalue weighted by atomic mass is 16.3. The van der Waals surface area contributed by atoms with Gasteiger partial charge in [-0.05, 0) is 39.0 Å². The first-order chi connectivity index (χ1) is 9.40. The van der Waals surface area contributed by atoms with Gasteiger partial charge in [0.1, 0.15) is 0 Å². The van der Waals surface area contributed by atoms with E-state index in [4.69, 9.17) is 5.41 Å². The highest BCUT2D eigenvalue weighted by Gasteiger charge is 2.16. The summed E-state index contributed by atoms with van der Waals surface area (Å²) in [4.78, 5) is 4.14. The Morgan fingerprint density at radius 1 is 1.25 bits per heavy atom. The van der Waals surface area contributed by atoms with Crippen LogP contribution in [0.15, 0.2) is 36.7 Å². The molecule has 0 radical (unpaired) electrons. The summed E-state index contributed by atoms with van der Waals surface area (Å²) < 4.78 is 0. The van der Waals surface area contributed by atoms with Crippen LogP contribution in [-0.2, 0) is 5.60 Å². The summed E-state index contributed by atoms with van der Waals surface area (Å²) in [5.74, 6) is 0. The van der Waals surface area contributed by atoms with Crippen LogP contribution in [0.1, 0.15) is 30.5 Å². The van der Waals surface area contributed by atoms with Gasteiger partial charge in [0, 0.05) is 29.2 Å². The number of hydrogen-bond donors (Lipinski definition) is 3. The number of rotatable bonds is 4. The van der Waals surface area contributed by atoms with Gasteiger partial charge < -0.3 is 15.8 Å². The smallest absolute Gasteiger partial charge is 0.0856 e. The molecule has 0 spiro atoms. The minimum absolute atomic E-state index is 0.742. The zero-order valence-electron chi connectivity index (χ0n) is 11.9. The SMILES string of the molecule is Cc1ccc(Nc2cncc(C(C)(C)O)c2)c(C=N)c1. The molecule has 1 heterocycles. The van der Waals surface area contributed by atoms with E-state index in [0.29, 0.717) is 0 Å². The van der Waals surface area contributed by atoms with E-state index in [9.17, 15) is 5.11 Å². The van der Waals surface area contributed by atoms with Crippen LogP contribution in [0.25, 0.3) is 0 Å². The molecule has 0 amide bonds. The van der Waals surface area contributed by atoms with E-state index in [1.54, 1.807) is 26.2 Å². The van der Waals surface area contributed by atoms with Gasteiger partial charge in [0.25, 0.3) is 0 Å². The Morgan fingerprint density at radius 2 is 2.00 bits per heavy atom. The Bertz CT molecular complexity index is 630. The van der Waals surface area contributed by atoms with E-state index < -0.39 is 5.60 Å². The average molecular weight is 269 g/mol. The second-order valence-corrected chi connectivity index (χ2v) is 5.38. The van der Waals surface area contributed by atoms with E-state index in [1.807, 2.05) is 31.2 Å². The van der Waals surface area contributed by atoms with Crippen LogP contribution in [0.5, 0.6) is 0 Å². The zero-order chi connectivity index (χ0) is 14.8. The lowest BCUT2D eigenvalue weighted by atomic mass is 10.0. The van der Waals surface area contributed by atoms with Gasteiger partial charge in [-0.3, -0.25) is 4.98 Å². The molecule has 4 nitrogen and oxygen atoms in total. The Balaban J connectivity index is 2.33. The number of nitrogens with one attached hydrogen (secondary N) is 2. The second-order valence-electron chi connectivity index (χ2n) is 5.38. The van der Waals surface area contributed by atoms with Crippen molar-refractivity contribution in [2.45, 2.75) is 26.4 Å². The molecule has 0 saturated heterocycles. The first-order valence-electron chi connectivity index (χ1n) is 6.46. The Labute approximate surface area is 119 Å². The highest BCUT2D eigenvalue weighted by molar-refractivity contribution is 5.87. The monoisotopic (exact) mass is 269 g/mol. The molecule has 104 valence electrons. The molecule has 3 N–H and O–H groups in total. The van der Waals surface area contributed by atoms with Crippen molar-refractivity contribution >= 4 is 17.6 Å². The van der Waals surface area contributed by atoms with Crippen LogP contribution in [0.2, 0.25) is 0 Å². The minimum atomic E-state index is -0.928. The Morgan fingerprint density at radius 3 is 2.65 bits per heavy atom. The fraction of sp³-hybridized carbons (Fsp3) is 0.250. The average Bonchev–Trinajstić information content (AvgIpc) is 2.40. The third kappa shape index (κ3) is 3.22. The van der Waals surface area contributed by atoms with E-state index >= 15 is 0 Å². The normalized spacial score (nSPS) is 11.2. The second kappa shape index (κ2) is 5.43. The largest absolute Gasteiger partial charge is 0.386 e. The molecular formula is C16H19N3O. The summed E-state index contributed by atoms with van der Waals surface area (Å²) in [6, 6.07) is 7.73. The fourth-order valence-corrected chi connectivity index (χ4v) is 1.91. The standard InChI is InChI=1S/C16H19N3O/c1-11-4-5-15(12(6-11)8-17)19-14-7-13(9-18-10-14)16(2,3)20/h4-10,17,19-20H,1-3H3. The zero-order valence-corrected chi connectivity index (χ0v) is 11.9. The quantitative estimate of drug-likeness (QED) is 0.745. The number of aromatic nitrogens is 1. The van der Waals surface area contributed by atoms with Gasteiger partial charge in [0.2, 0.25) is 0 Å². The van der Waals surface area contributed by atoms with Gasteiger partial charge >= 0.3 is 0 Å². The molecule has 2 rings (SSSR count). The number of hydrogen-bond acceptors (Lipinski definition) is 4. The number of benzene rings is 1. The Hall–Kier alpha value is -2.20. The highest BCUT2D eigenvalue weighted by Crippen LogP contribution is 2.25. The number of anilines is 2. The molecule has 0 fully saturated rings. The van der Waals surface area contributed by atoms with Crippen LogP contribution >= 0.6 is 0 Å². The van der Waals surface area contributed by atoms with Crippen molar-refractivity contribution < 1.29 is 5.11 Å². The van der Waals surface area contributed by atoms with E-state index in [-0.39, 0.29) is 0 Å². The number of nitrogens with zero attached hydrogens (tertiary/aromatic N) is 1. The molecule has 0 atom stereocenters. The van der Waals surface area contributed by atoms with E-state index in [1.165, 1.54) is 6.21 Å². The van der Waals surface area contributed by atoms with E-state index in [2.05, 4.69) is 10.3 Å². The molecule has 1 aromatic carbocycles. The van der Waals surface area contributed by atoms with Crippen LogP contribution in [0.4, 0.5) is 11.4 Å². The van der Waals surface area contributed by atoms with Crippen molar-refractivity contribution in [3.8, 4) is 0 Å². The predicted octanol–water partition coefficient (Wildman–Crippen LogP) is 3.36. The molecular weight excluding hydrogens is 250 g/mol. The minimum Gasteiger partial charge on any atom is -0.386 e. The maximum atomic E-state index is 10.0. The molecule has 0 unspecified atom stereocenters. The molecule has 1 aromatic heterocycles. The van der Waals surface area contributed by atoms with Crippen LogP contribution in [0.3, 0.4) is 0 Å². The predicted molar refractivity (Wildman–Crippen MR) is 81.8 cm³/mol. The van der Waals surface area contributed by atoms with Crippen LogP contribution in [0, 0.1) is 12.3 Å². The van der Waals surface area contributed by atoms with Crippen molar-refractivity contribution in [2.24, 2.45) is 0 Å². The lowest BCUT2D eigenvalue weighted by molar-refractivity contribution is 0.0783.